The van der Waals surface area contributed by atoms with Gasteiger partial charge in [-0.25, -0.2) is 8.78 Å². The van der Waals surface area contributed by atoms with Gasteiger partial charge in [-0.2, -0.15) is 0 Å². The maximum atomic E-state index is 12.1. The summed E-state index contributed by atoms with van der Waals surface area (Å²) >= 11 is 5.41. The molecule has 0 atom stereocenters. The summed E-state index contributed by atoms with van der Waals surface area (Å²) in [7, 11) is 0. The minimum absolute atomic E-state index is 0.125. The lowest BCUT2D eigenvalue weighted by Gasteiger charge is -2.20. The number of alkyl halides is 3. The third kappa shape index (κ3) is 7.50. The highest BCUT2D eigenvalue weighted by atomic mass is 35.5. The second-order valence-electron chi connectivity index (χ2n) is 2.97. The third-order valence-electron chi connectivity index (χ3n) is 1.64. The summed E-state index contributed by atoms with van der Waals surface area (Å²) in [5.74, 6) is -0.295. The van der Waals surface area contributed by atoms with E-state index in [0.29, 0.717) is 6.61 Å². The van der Waals surface area contributed by atoms with Crippen LogP contribution in [0.25, 0.3) is 0 Å². The summed E-state index contributed by atoms with van der Waals surface area (Å²) in [5, 5.41) is 0. The molecule has 0 radical (unpaired) electrons. The van der Waals surface area contributed by atoms with Gasteiger partial charge in [0.15, 0.2) is 0 Å². The molecule has 0 aliphatic rings. The Morgan fingerprint density at radius 2 is 2.20 bits per heavy atom. The van der Waals surface area contributed by atoms with Gasteiger partial charge in [0.25, 0.3) is 6.43 Å². The lowest BCUT2D eigenvalue weighted by atomic mass is 10.4. The van der Waals surface area contributed by atoms with Crippen LogP contribution in [0.4, 0.5) is 8.78 Å². The Balaban J connectivity index is 3.92. The van der Waals surface area contributed by atoms with E-state index in [4.69, 9.17) is 16.3 Å². The molecule has 6 heteroatoms. The van der Waals surface area contributed by atoms with Crippen molar-refractivity contribution in [3.63, 3.8) is 0 Å². The standard InChI is InChI=1S/C9H16ClF2NO2/c1-2-5-15-7-9(14)13(4-3-10)6-8(11)12/h8H,2-7H2,1H3. The van der Waals surface area contributed by atoms with Crippen molar-refractivity contribution in [3.8, 4) is 0 Å². The topological polar surface area (TPSA) is 29.5 Å². The van der Waals surface area contributed by atoms with Crippen molar-refractivity contribution in [1.82, 2.24) is 4.90 Å². The lowest BCUT2D eigenvalue weighted by molar-refractivity contribution is -0.137. The van der Waals surface area contributed by atoms with Crippen LogP contribution in [-0.4, -0.2) is 49.4 Å². The summed E-state index contributed by atoms with van der Waals surface area (Å²) in [5.41, 5.74) is 0. The molecule has 15 heavy (non-hydrogen) atoms. The number of ether oxygens (including phenoxy) is 1. The van der Waals surface area contributed by atoms with Crippen LogP contribution in [0.5, 0.6) is 0 Å². The van der Waals surface area contributed by atoms with E-state index >= 15 is 0 Å². The Morgan fingerprint density at radius 1 is 1.53 bits per heavy atom. The molecule has 0 N–H and O–H groups in total. The third-order valence-corrected chi connectivity index (χ3v) is 1.81. The molecule has 90 valence electrons. The smallest absolute Gasteiger partial charge is 0.255 e. The van der Waals surface area contributed by atoms with E-state index in [1.807, 2.05) is 6.92 Å². The number of halogens is 3. The number of carbonyl (C=O) groups is 1. The first-order valence-corrected chi connectivity index (χ1v) is 5.34. The minimum atomic E-state index is -2.54. The summed E-state index contributed by atoms with van der Waals surface area (Å²) in [6.07, 6.45) is -1.75. The molecule has 0 aliphatic heterocycles. The number of amides is 1. The van der Waals surface area contributed by atoms with Crippen LogP contribution in [0.2, 0.25) is 0 Å². The van der Waals surface area contributed by atoms with Crippen molar-refractivity contribution in [2.75, 3.05) is 32.2 Å². The molecule has 0 heterocycles. The fourth-order valence-electron chi connectivity index (χ4n) is 0.982. The predicted octanol–water partition coefficient (Wildman–Crippen LogP) is 1.75. The first kappa shape index (κ1) is 14.6. The Bertz CT molecular complexity index is 181. The molecule has 0 saturated carbocycles. The van der Waals surface area contributed by atoms with E-state index in [9.17, 15) is 13.6 Å². The van der Waals surface area contributed by atoms with Gasteiger partial charge in [-0.05, 0) is 6.42 Å². The molecule has 0 aliphatic carbocycles. The molecule has 0 fully saturated rings. The quantitative estimate of drug-likeness (QED) is 0.480. The monoisotopic (exact) mass is 243 g/mol. The molecule has 0 unspecified atom stereocenters. The maximum absolute atomic E-state index is 12.1. The van der Waals surface area contributed by atoms with Gasteiger partial charge >= 0.3 is 0 Å². The van der Waals surface area contributed by atoms with Crippen LogP contribution in [0.15, 0.2) is 0 Å². The van der Waals surface area contributed by atoms with E-state index < -0.39 is 18.9 Å². The molecule has 0 spiro atoms. The predicted molar refractivity (Wildman–Crippen MR) is 54.4 cm³/mol. The Labute approximate surface area is 93.3 Å². The van der Waals surface area contributed by atoms with E-state index in [-0.39, 0.29) is 19.0 Å². The fourth-order valence-corrected chi connectivity index (χ4v) is 1.19. The van der Waals surface area contributed by atoms with Crippen LogP contribution in [0.1, 0.15) is 13.3 Å². The Kier molecular flexibility index (Phi) is 8.61. The van der Waals surface area contributed by atoms with E-state index in [1.54, 1.807) is 0 Å². The summed E-state index contributed by atoms with van der Waals surface area (Å²) in [4.78, 5) is 12.4. The highest BCUT2D eigenvalue weighted by Gasteiger charge is 2.17. The van der Waals surface area contributed by atoms with Crippen LogP contribution in [-0.2, 0) is 9.53 Å². The van der Waals surface area contributed by atoms with E-state index in [0.717, 1.165) is 11.3 Å². The van der Waals surface area contributed by atoms with E-state index in [1.165, 1.54) is 0 Å². The van der Waals surface area contributed by atoms with Gasteiger partial charge in [0.05, 0.1) is 6.54 Å². The molecular weight excluding hydrogens is 228 g/mol. The Hall–Kier alpha value is -0.420. The number of hydrogen-bond donors (Lipinski definition) is 0. The highest BCUT2D eigenvalue weighted by molar-refractivity contribution is 6.18. The van der Waals surface area contributed by atoms with Crippen molar-refractivity contribution < 1.29 is 18.3 Å². The first-order chi connectivity index (χ1) is 7.11. The summed E-state index contributed by atoms with van der Waals surface area (Å²) < 4.78 is 29.1. The molecular formula is C9H16ClF2NO2. The molecule has 0 rings (SSSR count). The normalized spacial score (nSPS) is 10.7. The minimum Gasteiger partial charge on any atom is -0.372 e. The van der Waals surface area contributed by atoms with Gasteiger partial charge in [-0.15, -0.1) is 11.6 Å². The molecule has 0 aromatic rings. The number of hydrogen-bond acceptors (Lipinski definition) is 2. The molecule has 0 aromatic carbocycles. The van der Waals surface area contributed by atoms with Crippen molar-refractivity contribution in [3.05, 3.63) is 0 Å². The second-order valence-corrected chi connectivity index (χ2v) is 3.35. The molecule has 1 amide bonds. The van der Waals surface area contributed by atoms with Gasteiger partial charge in [-0.1, -0.05) is 6.92 Å². The zero-order valence-electron chi connectivity index (χ0n) is 8.72. The zero-order chi connectivity index (χ0) is 11.7. The van der Waals surface area contributed by atoms with Crippen molar-refractivity contribution in [2.45, 2.75) is 19.8 Å². The second kappa shape index (κ2) is 8.85. The van der Waals surface area contributed by atoms with Crippen LogP contribution >= 0.6 is 11.6 Å². The fraction of sp³-hybridized carbons (Fsp3) is 0.889. The molecule has 3 nitrogen and oxygen atoms in total. The van der Waals surface area contributed by atoms with Gasteiger partial charge < -0.3 is 9.64 Å². The van der Waals surface area contributed by atoms with Gasteiger partial charge in [-0.3, -0.25) is 4.79 Å². The number of nitrogens with zero attached hydrogens (tertiary/aromatic N) is 1. The van der Waals surface area contributed by atoms with Crippen LogP contribution in [0.3, 0.4) is 0 Å². The van der Waals surface area contributed by atoms with Crippen molar-refractivity contribution in [1.29, 1.82) is 0 Å². The molecule has 0 aromatic heterocycles. The molecule has 0 bridgehead atoms. The first-order valence-electron chi connectivity index (χ1n) is 4.81. The largest absolute Gasteiger partial charge is 0.372 e. The lowest BCUT2D eigenvalue weighted by Crippen LogP contribution is -2.38. The maximum Gasteiger partial charge on any atom is 0.255 e. The van der Waals surface area contributed by atoms with E-state index in [2.05, 4.69) is 0 Å². The van der Waals surface area contributed by atoms with Gasteiger partial charge in [0.1, 0.15) is 6.61 Å². The van der Waals surface area contributed by atoms with Crippen molar-refractivity contribution in [2.24, 2.45) is 0 Å². The van der Waals surface area contributed by atoms with Gasteiger partial charge in [0.2, 0.25) is 5.91 Å². The zero-order valence-corrected chi connectivity index (χ0v) is 9.47. The Morgan fingerprint density at radius 3 is 2.67 bits per heavy atom. The van der Waals surface area contributed by atoms with Crippen molar-refractivity contribution >= 4 is 17.5 Å². The molecule has 0 saturated heterocycles. The van der Waals surface area contributed by atoms with Gasteiger partial charge in [0, 0.05) is 19.0 Å². The average molecular weight is 244 g/mol. The highest BCUT2D eigenvalue weighted by Crippen LogP contribution is 2.00. The van der Waals surface area contributed by atoms with Crippen LogP contribution in [0, 0.1) is 0 Å². The van der Waals surface area contributed by atoms with Crippen LogP contribution < -0.4 is 0 Å². The summed E-state index contributed by atoms with van der Waals surface area (Å²) in [6.45, 7) is 1.74. The average Bonchev–Trinajstić information content (AvgIpc) is 2.17. The summed E-state index contributed by atoms with van der Waals surface area (Å²) in [6, 6.07) is 0. The number of rotatable bonds is 8. The number of carbonyl (C=O) groups excluding carboxylic acids is 1. The SMILES string of the molecule is CCCOCC(=O)N(CCCl)CC(F)F.